The normalized spacial score (nSPS) is 11.0. The molecule has 3 aromatic rings. The van der Waals surface area contributed by atoms with Gasteiger partial charge in [-0.25, -0.2) is 0 Å². The van der Waals surface area contributed by atoms with Gasteiger partial charge in [-0.2, -0.15) is 0 Å². The first-order valence-corrected chi connectivity index (χ1v) is 9.13. The van der Waals surface area contributed by atoms with Gasteiger partial charge in [0.05, 0.1) is 5.69 Å². The molecule has 1 heterocycles. The van der Waals surface area contributed by atoms with Crippen LogP contribution in [0.3, 0.4) is 0 Å². The van der Waals surface area contributed by atoms with E-state index in [9.17, 15) is 0 Å². The molecule has 0 unspecified atom stereocenters. The van der Waals surface area contributed by atoms with Crippen molar-refractivity contribution in [1.29, 1.82) is 0 Å². The number of aromatic nitrogens is 3. The number of nitrogens with zero attached hydrogens (tertiary/aromatic N) is 3. The van der Waals surface area contributed by atoms with E-state index >= 15 is 0 Å². The van der Waals surface area contributed by atoms with Gasteiger partial charge in [-0.3, -0.25) is 4.57 Å². The number of rotatable bonds is 5. The van der Waals surface area contributed by atoms with Crippen LogP contribution in [0.5, 0.6) is 0 Å². The molecule has 4 nitrogen and oxygen atoms in total. The maximum atomic E-state index is 6.20. The van der Waals surface area contributed by atoms with E-state index in [1.54, 1.807) is 11.8 Å². The minimum absolute atomic E-state index is 0.573. The van der Waals surface area contributed by atoms with Gasteiger partial charge in [0.25, 0.3) is 0 Å². The van der Waals surface area contributed by atoms with Crippen molar-refractivity contribution < 1.29 is 5.73 Å². The first-order valence-electron chi connectivity index (χ1n) is 7.77. The first kappa shape index (κ1) is 17.0. The van der Waals surface area contributed by atoms with Crippen LogP contribution in [0.25, 0.3) is 5.69 Å². The lowest BCUT2D eigenvalue weighted by molar-refractivity contribution is -0.388. The van der Waals surface area contributed by atoms with Gasteiger partial charge in [0.15, 0.2) is 11.0 Å². The van der Waals surface area contributed by atoms with Crippen molar-refractivity contribution in [2.24, 2.45) is 0 Å². The second-order valence-electron chi connectivity index (χ2n) is 5.69. The zero-order valence-corrected chi connectivity index (χ0v) is 15.4. The third-order valence-electron chi connectivity index (χ3n) is 3.79. The molecule has 0 saturated carbocycles. The topological polar surface area (TPSA) is 58.4 Å². The molecule has 0 aliphatic heterocycles. The summed E-state index contributed by atoms with van der Waals surface area (Å²) in [7, 11) is 0. The van der Waals surface area contributed by atoms with Crippen LogP contribution in [-0.2, 0) is 12.3 Å². The molecule has 1 aromatic heterocycles. The molecule has 0 amide bonds. The van der Waals surface area contributed by atoms with Crippen molar-refractivity contribution in [3.63, 3.8) is 0 Å². The average molecular weight is 360 g/mol. The molecule has 3 N–H and O–H groups in total. The molecule has 0 aliphatic rings. The quantitative estimate of drug-likeness (QED) is 0.708. The predicted molar refractivity (Wildman–Crippen MR) is 98.4 cm³/mol. The first-order chi connectivity index (χ1) is 11.6. The maximum Gasteiger partial charge on any atom is 0.196 e. The van der Waals surface area contributed by atoms with Crippen molar-refractivity contribution in [3.8, 4) is 5.69 Å². The Bertz CT molecular complexity index is 860. The molecule has 0 aliphatic carbocycles. The van der Waals surface area contributed by atoms with Gasteiger partial charge in [-0.1, -0.05) is 59.3 Å². The van der Waals surface area contributed by atoms with Crippen LogP contribution in [0.4, 0.5) is 0 Å². The molecule has 0 saturated heterocycles. The monoisotopic (exact) mass is 359 g/mol. The Kier molecular flexibility index (Phi) is 5.23. The molecular formula is C18H20ClN4S+. The lowest BCUT2D eigenvalue weighted by Crippen LogP contribution is -2.48. The Labute approximate surface area is 151 Å². The summed E-state index contributed by atoms with van der Waals surface area (Å²) >= 11 is 7.87. The summed E-state index contributed by atoms with van der Waals surface area (Å²) in [6.07, 6.45) is 0. The fourth-order valence-corrected chi connectivity index (χ4v) is 3.64. The lowest BCUT2D eigenvalue weighted by atomic mass is 10.2. The molecule has 0 spiro atoms. The van der Waals surface area contributed by atoms with Crippen LogP contribution >= 0.6 is 23.4 Å². The molecule has 0 bridgehead atoms. The predicted octanol–water partition coefficient (Wildman–Crippen LogP) is 3.57. The summed E-state index contributed by atoms with van der Waals surface area (Å²) in [5, 5.41) is 10.2. The number of aryl methyl sites for hydroxylation is 2. The number of hydrogen-bond acceptors (Lipinski definition) is 3. The van der Waals surface area contributed by atoms with Crippen molar-refractivity contribution >= 4 is 23.4 Å². The van der Waals surface area contributed by atoms with Gasteiger partial charge in [0.1, 0.15) is 6.54 Å². The van der Waals surface area contributed by atoms with E-state index < -0.39 is 0 Å². The van der Waals surface area contributed by atoms with Crippen LogP contribution in [0.1, 0.15) is 22.5 Å². The fourth-order valence-electron chi connectivity index (χ4n) is 2.57. The highest BCUT2D eigenvalue weighted by atomic mass is 35.5. The molecule has 24 heavy (non-hydrogen) atoms. The van der Waals surface area contributed by atoms with Gasteiger partial charge >= 0.3 is 0 Å². The third-order valence-corrected chi connectivity index (χ3v) is 5.02. The molecule has 124 valence electrons. The number of benzene rings is 2. The zero-order valence-electron chi connectivity index (χ0n) is 13.8. The van der Waals surface area contributed by atoms with Crippen molar-refractivity contribution in [1.82, 2.24) is 14.8 Å². The van der Waals surface area contributed by atoms with Crippen LogP contribution < -0.4 is 5.73 Å². The summed E-state index contributed by atoms with van der Waals surface area (Å²) in [5.74, 6) is 1.68. The standard InChI is InChI=1S/C18H19ClN4S/c1-12-4-3-5-14(8-12)11-24-18-22-21-17(10-20)23(18)16-9-15(19)7-6-13(16)2/h3-9H,10-11,20H2,1-2H3/p+1. The Morgan fingerprint density at radius 3 is 2.71 bits per heavy atom. The third kappa shape index (κ3) is 3.64. The highest BCUT2D eigenvalue weighted by Gasteiger charge is 2.16. The number of hydrogen-bond donors (Lipinski definition) is 1. The van der Waals surface area contributed by atoms with E-state index in [1.165, 1.54) is 11.1 Å². The molecule has 6 heteroatoms. The van der Waals surface area contributed by atoms with Crippen molar-refractivity contribution in [3.05, 3.63) is 70.0 Å². The summed E-state index contributed by atoms with van der Waals surface area (Å²) in [5.41, 5.74) is 8.65. The number of thioether (sulfide) groups is 1. The molecule has 3 rings (SSSR count). The molecular weight excluding hydrogens is 340 g/mol. The highest BCUT2D eigenvalue weighted by Crippen LogP contribution is 2.28. The van der Waals surface area contributed by atoms with Gasteiger partial charge < -0.3 is 5.73 Å². The van der Waals surface area contributed by atoms with E-state index in [1.807, 2.05) is 18.2 Å². The Hall–Kier alpha value is -1.82. The van der Waals surface area contributed by atoms with Crippen LogP contribution in [0.15, 0.2) is 47.6 Å². The Balaban J connectivity index is 1.95. The molecule has 2 aromatic carbocycles. The number of quaternary nitrogens is 1. The van der Waals surface area contributed by atoms with Gasteiger partial charge in [-0.15, -0.1) is 10.2 Å². The fraction of sp³-hybridized carbons (Fsp3) is 0.222. The Morgan fingerprint density at radius 1 is 1.12 bits per heavy atom. The van der Waals surface area contributed by atoms with E-state index in [2.05, 4.69) is 58.6 Å². The highest BCUT2D eigenvalue weighted by molar-refractivity contribution is 7.98. The average Bonchev–Trinajstić information content (AvgIpc) is 2.98. The SMILES string of the molecule is Cc1cccc(CSc2nnc(C[NH3+])n2-c2cc(Cl)ccc2C)c1. The van der Waals surface area contributed by atoms with Crippen LogP contribution in [-0.4, -0.2) is 14.8 Å². The smallest absolute Gasteiger partial charge is 0.196 e. The van der Waals surface area contributed by atoms with E-state index in [0.717, 1.165) is 28.0 Å². The summed E-state index contributed by atoms with van der Waals surface area (Å²) in [6, 6.07) is 14.4. The van der Waals surface area contributed by atoms with Gasteiger partial charge in [0, 0.05) is 10.8 Å². The summed E-state index contributed by atoms with van der Waals surface area (Å²) in [4.78, 5) is 0. The van der Waals surface area contributed by atoms with Crippen molar-refractivity contribution in [2.75, 3.05) is 0 Å². The molecule has 0 fully saturated rings. The largest absolute Gasteiger partial charge is 0.351 e. The summed E-state index contributed by atoms with van der Waals surface area (Å²) in [6.45, 7) is 4.74. The second kappa shape index (κ2) is 7.38. The van der Waals surface area contributed by atoms with E-state index in [4.69, 9.17) is 11.6 Å². The van der Waals surface area contributed by atoms with Crippen LogP contribution in [0, 0.1) is 13.8 Å². The molecule has 0 radical (unpaired) electrons. The van der Waals surface area contributed by atoms with Crippen LogP contribution in [0.2, 0.25) is 5.02 Å². The van der Waals surface area contributed by atoms with Gasteiger partial charge in [0.2, 0.25) is 0 Å². The zero-order chi connectivity index (χ0) is 17.1. The summed E-state index contributed by atoms with van der Waals surface area (Å²) < 4.78 is 2.06. The minimum Gasteiger partial charge on any atom is -0.351 e. The second-order valence-corrected chi connectivity index (χ2v) is 7.07. The Morgan fingerprint density at radius 2 is 1.96 bits per heavy atom. The van der Waals surface area contributed by atoms with Gasteiger partial charge in [-0.05, 0) is 37.1 Å². The number of halogens is 1. The lowest BCUT2D eigenvalue weighted by Gasteiger charge is -2.12. The van der Waals surface area contributed by atoms with Crippen molar-refractivity contribution in [2.45, 2.75) is 31.3 Å². The van der Waals surface area contributed by atoms with E-state index in [-0.39, 0.29) is 0 Å². The van der Waals surface area contributed by atoms with E-state index in [0.29, 0.717) is 11.6 Å². The maximum absolute atomic E-state index is 6.20. The molecule has 0 atom stereocenters. The minimum atomic E-state index is 0.573.